The monoisotopic (exact) mass is 473 g/mol. The summed E-state index contributed by atoms with van der Waals surface area (Å²) >= 11 is 9.64. The second-order valence-electron chi connectivity index (χ2n) is 7.25. The van der Waals surface area contributed by atoms with E-state index in [0.717, 1.165) is 16.9 Å². The number of amides is 1. The van der Waals surface area contributed by atoms with Crippen LogP contribution in [0.15, 0.2) is 47.2 Å². The van der Waals surface area contributed by atoms with Crippen LogP contribution >= 0.6 is 27.5 Å². The number of ether oxygens (including phenoxy) is 2. The number of fused-ring (bicyclic) bond motifs is 2. The zero-order valence-corrected chi connectivity index (χ0v) is 18.1. The van der Waals surface area contributed by atoms with Gasteiger partial charge in [0.25, 0.3) is 5.91 Å². The van der Waals surface area contributed by atoms with Crippen molar-refractivity contribution in [2.75, 3.05) is 11.7 Å². The molecule has 0 N–H and O–H groups in total. The van der Waals surface area contributed by atoms with Gasteiger partial charge in [0.05, 0.1) is 5.69 Å². The molecule has 0 bridgehead atoms. The summed E-state index contributed by atoms with van der Waals surface area (Å²) in [5.74, 6) is 1.15. The second kappa shape index (κ2) is 6.78. The van der Waals surface area contributed by atoms with Crippen molar-refractivity contribution in [1.29, 1.82) is 0 Å². The van der Waals surface area contributed by atoms with Crippen LogP contribution in [0.4, 0.5) is 5.69 Å². The number of carbonyl (C=O) groups excluding carboxylic acids is 1. The van der Waals surface area contributed by atoms with Gasteiger partial charge in [0.2, 0.25) is 6.79 Å². The van der Waals surface area contributed by atoms with Crippen molar-refractivity contribution in [3.8, 4) is 11.5 Å². The smallest absolute Gasteiger partial charge is 0.279 e. The van der Waals surface area contributed by atoms with Crippen LogP contribution in [0, 0.1) is 0 Å². The minimum absolute atomic E-state index is 0.125. The molecular formula is C21H17BrClN3O3. The highest BCUT2D eigenvalue weighted by molar-refractivity contribution is 9.10. The van der Waals surface area contributed by atoms with Gasteiger partial charge in [0.1, 0.15) is 6.04 Å². The third-order valence-corrected chi connectivity index (χ3v) is 5.99. The normalized spacial score (nSPS) is 17.3. The van der Waals surface area contributed by atoms with Gasteiger partial charge in [-0.25, -0.2) is 4.98 Å². The summed E-state index contributed by atoms with van der Waals surface area (Å²) in [6, 6.07) is 12.9. The second-order valence-corrected chi connectivity index (χ2v) is 8.39. The number of imidazole rings is 1. The topological polar surface area (TPSA) is 56.6 Å². The fourth-order valence-corrected chi connectivity index (χ4v) is 4.84. The molecule has 2 aliphatic rings. The maximum Gasteiger partial charge on any atom is 0.279 e. The molecule has 1 amide bonds. The van der Waals surface area contributed by atoms with Crippen molar-refractivity contribution in [3.63, 3.8) is 0 Å². The Morgan fingerprint density at radius 2 is 1.86 bits per heavy atom. The first kappa shape index (κ1) is 18.5. The number of benzene rings is 2. The third kappa shape index (κ3) is 2.83. The van der Waals surface area contributed by atoms with Crippen molar-refractivity contribution in [3.05, 3.63) is 69.2 Å². The first-order valence-electron chi connectivity index (χ1n) is 9.22. The Morgan fingerprint density at radius 3 is 2.59 bits per heavy atom. The largest absolute Gasteiger partial charge is 0.454 e. The highest BCUT2D eigenvalue weighted by Crippen LogP contribution is 2.46. The fourth-order valence-electron chi connectivity index (χ4n) is 3.93. The summed E-state index contributed by atoms with van der Waals surface area (Å²) in [6.07, 6.45) is 0. The number of aromatic nitrogens is 2. The summed E-state index contributed by atoms with van der Waals surface area (Å²) in [6.45, 7) is 4.32. The van der Waals surface area contributed by atoms with E-state index in [1.165, 1.54) is 0 Å². The quantitative estimate of drug-likeness (QED) is 0.513. The first-order valence-corrected chi connectivity index (χ1v) is 10.4. The number of nitrogens with zero attached hydrogens (tertiary/aromatic N) is 3. The summed E-state index contributed by atoms with van der Waals surface area (Å²) in [5.41, 5.74) is 2.98. The molecule has 0 fully saturated rings. The summed E-state index contributed by atoms with van der Waals surface area (Å²) in [4.78, 5) is 19.8. The molecule has 148 valence electrons. The van der Waals surface area contributed by atoms with Crippen LogP contribution in [0.25, 0.3) is 0 Å². The number of rotatable bonds is 3. The lowest BCUT2D eigenvalue weighted by molar-refractivity contribution is 0.0989. The van der Waals surface area contributed by atoms with Crippen LogP contribution in [0.1, 0.15) is 47.7 Å². The number of carbonyl (C=O) groups is 1. The van der Waals surface area contributed by atoms with Crippen LogP contribution in [0.2, 0.25) is 5.02 Å². The van der Waals surface area contributed by atoms with Gasteiger partial charge in [-0.05, 0) is 59.6 Å². The molecule has 6 nitrogen and oxygen atoms in total. The van der Waals surface area contributed by atoms with Gasteiger partial charge in [-0.3, -0.25) is 9.69 Å². The van der Waals surface area contributed by atoms with Crippen LogP contribution in [-0.4, -0.2) is 22.3 Å². The summed E-state index contributed by atoms with van der Waals surface area (Å²) < 4.78 is 13.6. The van der Waals surface area contributed by atoms with Crippen molar-refractivity contribution in [2.45, 2.75) is 25.9 Å². The highest BCUT2D eigenvalue weighted by Gasteiger charge is 2.44. The predicted molar refractivity (Wildman–Crippen MR) is 113 cm³/mol. The van der Waals surface area contributed by atoms with Crippen LogP contribution in [0.5, 0.6) is 11.5 Å². The van der Waals surface area contributed by atoms with Gasteiger partial charge in [-0.15, -0.1) is 0 Å². The van der Waals surface area contributed by atoms with Gasteiger partial charge < -0.3 is 14.0 Å². The Labute approximate surface area is 181 Å². The molecule has 2 aliphatic heterocycles. The Morgan fingerprint density at radius 1 is 1.14 bits per heavy atom. The van der Waals surface area contributed by atoms with E-state index in [0.29, 0.717) is 26.9 Å². The van der Waals surface area contributed by atoms with Gasteiger partial charge in [0, 0.05) is 22.8 Å². The molecule has 29 heavy (non-hydrogen) atoms. The van der Waals surface area contributed by atoms with Crippen LogP contribution in [-0.2, 0) is 0 Å². The van der Waals surface area contributed by atoms with Gasteiger partial charge in [-0.2, -0.15) is 0 Å². The molecule has 0 spiro atoms. The maximum absolute atomic E-state index is 13.5. The van der Waals surface area contributed by atoms with Gasteiger partial charge in [-0.1, -0.05) is 23.7 Å². The highest BCUT2D eigenvalue weighted by atomic mass is 79.9. The molecule has 3 heterocycles. The molecule has 0 saturated heterocycles. The van der Waals surface area contributed by atoms with Crippen LogP contribution < -0.4 is 14.4 Å². The number of hydrogen-bond acceptors (Lipinski definition) is 4. The van der Waals surface area contributed by atoms with E-state index in [1.54, 1.807) is 4.90 Å². The minimum Gasteiger partial charge on any atom is -0.454 e. The van der Waals surface area contributed by atoms with E-state index in [1.807, 2.05) is 42.5 Å². The van der Waals surface area contributed by atoms with E-state index < -0.39 is 0 Å². The molecule has 0 saturated carbocycles. The van der Waals surface area contributed by atoms with Crippen molar-refractivity contribution < 1.29 is 14.3 Å². The minimum atomic E-state index is -0.337. The van der Waals surface area contributed by atoms with Crippen molar-refractivity contribution >= 4 is 39.1 Å². The predicted octanol–water partition coefficient (Wildman–Crippen LogP) is 5.36. The molecule has 2 aromatic carbocycles. The molecule has 1 unspecified atom stereocenters. The molecule has 1 aromatic heterocycles. The van der Waals surface area contributed by atoms with Gasteiger partial charge >= 0.3 is 0 Å². The maximum atomic E-state index is 13.5. The average Bonchev–Trinajstić information content (AvgIpc) is 3.35. The molecule has 8 heteroatoms. The van der Waals surface area contributed by atoms with E-state index >= 15 is 0 Å². The van der Waals surface area contributed by atoms with Crippen LogP contribution in [0.3, 0.4) is 0 Å². The molecule has 0 radical (unpaired) electrons. The zero-order valence-electron chi connectivity index (χ0n) is 15.7. The first-order chi connectivity index (χ1) is 14.0. The molecule has 5 rings (SSSR count). The van der Waals surface area contributed by atoms with E-state index in [9.17, 15) is 4.79 Å². The lowest BCUT2D eigenvalue weighted by atomic mass is 10.0. The van der Waals surface area contributed by atoms with Gasteiger partial charge in [0.15, 0.2) is 21.9 Å². The molecule has 3 aromatic rings. The van der Waals surface area contributed by atoms with Crippen molar-refractivity contribution in [2.24, 2.45) is 0 Å². The summed E-state index contributed by atoms with van der Waals surface area (Å²) in [7, 11) is 0. The lowest BCUT2D eigenvalue weighted by Gasteiger charge is -2.28. The summed E-state index contributed by atoms with van der Waals surface area (Å²) in [5, 5.41) is 0.645. The Hall–Kier alpha value is -2.51. The third-order valence-electron chi connectivity index (χ3n) is 5.18. The number of anilines is 1. The standard InChI is InChI=1S/C21H17BrClN3O3/c1-11(2)25-19-17(24-21(25)22)20(27)26(18(19)12-3-5-13(23)6-4-12)14-7-8-15-16(9-14)29-10-28-15/h3-9,11,18H,10H2,1-2H3. The Kier molecular flexibility index (Phi) is 4.33. The molecule has 1 atom stereocenters. The average molecular weight is 475 g/mol. The number of hydrogen-bond donors (Lipinski definition) is 0. The van der Waals surface area contributed by atoms with Crippen molar-refractivity contribution in [1.82, 2.24) is 9.55 Å². The fraction of sp³-hybridized carbons (Fsp3) is 0.238. The van der Waals surface area contributed by atoms with E-state index in [4.69, 9.17) is 21.1 Å². The lowest BCUT2D eigenvalue weighted by Crippen LogP contribution is -2.30. The SMILES string of the molecule is CC(C)n1c(Br)nc2c1C(c1ccc(Cl)cc1)N(c1ccc3c(c1)OCO3)C2=O. The Balaban J connectivity index is 1.71. The Bertz CT molecular complexity index is 1130. The molecular weight excluding hydrogens is 458 g/mol. The number of halogens is 2. The zero-order chi connectivity index (χ0) is 20.3. The molecule has 0 aliphatic carbocycles. The van der Waals surface area contributed by atoms with E-state index in [-0.39, 0.29) is 24.8 Å². The van der Waals surface area contributed by atoms with E-state index in [2.05, 4.69) is 39.3 Å².